The van der Waals surface area contributed by atoms with E-state index in [0.29, 0.717) is 0 Å². The van der Waals surface area contributed by atoms with Gasteiger partial charge in [-0.25, -0.2) is 4.98 Å². The largest absolute Gasteiger partial charge is 0.350 e. The highest BCUT2D eigenvalue weighted by atomic mass is 127. The van der Waals surface area contributed by atoms with Gasteiger partial charge in [0.25, 0.3) is 0 Å². The van der Waals surface area contributed by atoms with E-state index in [0.717, 1.165) is 50.2 Å². The number of aryl methyl sites for hydroxylation is 1. The number of nitrogens with one attached hydrogen (secondary N) is 1. The summed E-state index contributed by atoms with van der Waals surface area (Å²) < 4.78 is 1.21. The average Bonchev–Trinajstić information content (AvgIpc) is 3.18. The van der Waals surface area contributed by atoms with Gasteiger partial charge < -0.3 is 10.2 Å². The van der Waals surface area contributed by atoms with E-state index in [4.69, 9.17) is 0 Å². The molecule has 0 unspecified atom stereocenters. The number of thiophene rings is 1. The summed E-state index contributed by atoms with van der Waals surface area (Å²) in [5.74, 6) is 0.973. The fourth-order valence-electron chi connectivity index (χ4n) is 2.75. The van der Waals surface area contributed by atoms with Gasteiger partial charge in [0.05, 0.1) is 10.3 Å². The van der Waals surface area contributed by atoms with E-state index in [1.54, 1.807) is 11.3 Å². The first-order valence-corrected chi connectivity index (χ1v) is 10.4. The van der Waals surface area contributed by atoms with Crippen LogP contribution >= 0.6 is 62.6 Å². The Balaban J connectivity index is 0.00000225. The number of nitrogens with zero attached hydrogens (tertiary/aromatic N) is 4. The Morgan fingerprint density at radius 3 is 2.60 bits per heavy atom. The highest BCUT2D eigenvalue weighted by Crippen LogP contribution is 2.23. The minimum atomic E-state index is 0. The first kappa shape index (κ1) is 21.1. The van der Waals surface area contributed by atoms with Gasteiger partial charge in [-0.3, -0.25) is 9.89 Å². The number of aromatic nitrogens is 1. The quantitative estimate of drug-likeness (QED) is 0.354. The van der Waals surface area contributed by atoms with Crippen molar-refractivity contribution in [1.29, 1.82) is 0 Å². The van der Waals surface area contributed by atoms with Crippen molar-refractivity contribution in [1.82, 2.24) is 20.1 Å². The molecule has 138 valence electrons. The molecule has 3 heterocycles. The summed E-state index contributed by atoms with van der Waals surface area (Å²) in [5.41, 5.74) is 0. The summed E-state index contributed by atoms with van der Waals surface area (Å²) in [6.45, 7) is 8.00. The first-order chi connectivity index (χ1) is 11.6. The van der Waals surface area contributed by atoms with Gasteiger partial charge in [0.2, 0.25) is 0 Å². The molecule has 1 N–H and O–H groups in total. The number of thiazole rings is 1. The summed E-state index contributed by atoms with van der Waals surface area (Å²) >= 11 is 7.09. The normalized spacial score (nSPS) is 16.0. The van der Waals surface area contributed by atoms with Crippen molar-refractivity contribution in [2.75, 3.05) is 33.2 Å². The third-order valence-electron chi connectivity index (χ3n) is 3.96. The van der Waals surface area contributed by atoms with Crippen LogP contribution in [-0.2, 0) is 13.1 Å². The fraction of sp³-hybridized carbons (Fsp3) is 0.500. The summed E-state index contributed by atoms with van der Waals surface area (Å²) in [5, 5.41) is 4.54. The van der Waals surface area contributed by atoms with E-state index in [1.807, 2.05) is 24.6 Å². The lowest BCUT2D eigenvalue weighted by Crippen LogP contribution is -2.51. The number of hydrogen-bond acceptors (Lipinski definition) is 5. The fourth-order valence-corrected chi connectivity index (χ4v) is 5.00. The molecule has 0 atom stereocenters. The number of rotatable bonds is 4. The predicted molar refractivity (Wildman–Crippen MR) is 121 cm³/mol. The lowest BCUT2D eigenvalue weighted by atomic mass is 10.3. The van der Waals surface area contributed by atoms with Gasteiger partial charge >= 0.3 is 0 Å². The molecule has 1 aliphatic rings. The van der Waals surface area contributed by atoms with Crippen LogP contribution in [0.5, 0.6) is 0 Å². The second-order valence-corrected chi connectivity index (χ2v) is 9.60. The number of hydrogen-bond donors (Lipinski definition) is 1. The molecule has 0 amide bonds. The second kappa shape index (κ2) is 10.2. The lowest BCUT2D eigenvalue weighted by Gasteiger charge is -2.36. The number of aliphatic imine (C=N–C) groups is 1. The second-order valence-electron chi connectivity index (χ2n) is 5.73. The third kappa shape index (κ3) is 6.16. The summed E-state index contributed by atoms with van der Waals surface area (Å²) in [6, 6.07) is 4.33. The molecule has 1 fully saturated rings. The van der Waals surface area contributed by atoms with Gasteiger partial charge in [0.1, 0.15) is 5.01 Å². The molecule has 0 aromatic carbocycles. The van der Waals surface area contributed by atoms with E-state index in [1.165, 1.54) is 13.5 Å². The Morgan fingerprint density at radius 2 is 2.04 bits per heavy atom. The Hall–Kier alpha value is -0.230. The van der Waals surface area contributed by atoms with Gasteiger partial charge in [0, 0.05) is 55.7 Å². The molecule has 3 rings (SSSR count). The monoisotopic (exact) mass is 555 g/mol. The van der Waals surface area contributed by atoms with Gasteiger partial charge in [-0.05, 0) is 35.0 Å². The van der Waals surface area contributed by atoms with Crippen molar-refractivity contribution < 1.29 is 0 Å². The zero-order valence-electron chi connectivity index (χ0n) is 14.4. The van der Waals surface area contributed by atoms with Gasteiger partial charge in [-0.15, -0.1) is 46.7 Å². The molecular weight excluding hydrogens is 533 g/mol. The number of piperazine rings is 1. The SMILES string of the molecule is CN=C(NCc1ncc(C)s1)N1CCN(Cc2ccc(Br)s2)CC1.I. The van der Waals surface area contributed by atoms with Crippen molar-refractivity contribution in [2.24, 2.45) is 4.99 Å². The first-order valence-electron chi connectivity index (χ1n) is 7.97. The molecule has 25 heavy (non-hydrogen) atoms. The average molecular weight is 556 g/mol. The topological polar surface area (TPSA) is 43.8 Å². The highest BCUT2D eigenvalue weighted by Gasteiger charge is 2.20. The maximum Gasteiger partial charge on any atom is 0.194 e. The van der Waals surface area contributed by atoms with Crippen molar-refractivity contribution >= 4 is 68.5 Å². The molecular formula is C16H23BrIN5S2. The number of halogens is 2. The van der Waals surface area contributed by atoms with Gasteiger partial charge in [0.15, 0.2) is 5.96 Å². The number of guanidine groups is 1. The maximum absolute atomic E-state index is 4.43. The van der Waals surface area contributed by atoms with Crippen molar-refractivity contribution in [3.8, 4) is 0 Å². The molecule has 9 heteroatoms. The summed E-state index contributed by atoms with van der Waals surface area (Å²) in [7, 11) is 1.85. The Bertz CT molecular complexity index is 694. The van der Waals surface area contributed by atoms with Crippen molar-refractivity contribution in [3.05, 3.63) is 36.9 Å². The maximum atomic E-state index is 4.43. The van der Waals surface area contributed by atoms with Crippen LogP contribution < -0.4 is 5.32 Å². The van der Waals surface area contributed by atoms with E-state index < -0.39 is 0 Å². The molecule has 0 spiro atoms. The molecule has 2 aromatic rings. The Kier molecular flexibility index (Phi) is 8.59. The molecule has 5 nitrogen and oxygen atoms in total. The van der Waals surface area contributed by atoms with Crippen LogP contribution in [0.4, 0.5) is 0 Å². The smallest absolute Gasteiger partial charge is 0.194 e. The van der Waals surface area contributed by atoms with Crippen LogP contribution in [0.15, 0.2) is 27.1 Å². The van der Waals surface area contributed by atoms with Crippen LogP contribution in [0.3, 0.4) is 0 Å². The van der Waals surface area contributed by atoms with Gasteiger partial charge in [-0.1, -0.05) is 0 Å². The van der Waals surface area contributed by atoms with Gasteiger partial charge in [-0.2, -0.15) is 0 Å². The van der Waals surface area contributed by atoms with Crippen LogP contribution in [0.2, 0.25) is 0 Å². The van der Waals surface area contributed by atoms with Crippen LogP contribution in [0.1, 0.15) is 14.8 Å². The third-order valence-corrected chi connectivity index (χ3v) is 6.48. The van der Waals surface area contributed by atoms with Crippen LogP contribution in [0.25, 0.3) is 0 Å². The predicted octanol–water partition coefficient (Wildman–Crippen LogP) is 3.79. The molecule has 0 radical (unpaired) electrons. The van der Waals surface area contributed by atoms with Crippen LogP contribution in [0, 0.1) is 6.92 Å². The van der Waals surface area contributed by atoms with Crippen LogP contribution in [-0.4, -0.2) is 54.0 Å². The van der Waals surface area contributed by atoms with E-state index in [2.05, 4.69) is 60.1 Å². The lowest BCUT2D eigenvalue weighted by molar-refractivity contribution is 0.173. The summed E-state index contributed by atoms with van der Waals surface area (Å²) in [4.78, 5) is 16.3. The highest BCUT2D eigenvalue weighted by molar-refractivity contribution is 14.0. The molecule has 1 aliphatic heterocycles. The Labute approximate surface area is 182 Å². The minimum Gasteiger partial charge on any atom is -0.350 e. The summed E-state index contributed by atoms with van der Waals surface area (Å²) in [6.07, 6.45) is 1.92. The standard InChI is InChI=1S/C16H22BrN5S2.HI/c1-12-9-19-15(23-12)10-20-16(18-2)22-7-5-21(6-8-22)11-13-3-4-14(17)24-13;/h3-4,9H,5-8,10-11H2,1-2H3,(H,18,20);1H. The van der Waals surface area contributed by atoms with E-state index in [-0.39, 0.29) is 24.0 Å². The molecule has 1 saturated heterocycles. The molecule has 0 aliphatic carbocycles. The zero-order chi connectivity index (χ0) is 16.9. The molecule has 0 bridgehead atoms. The van der Waals surface area contributed by atoms with E-state index >= 15 is 0 Å². The van der Waals surface area contributed by atoms with E-state index in [9.17, 15) is 0 Å². The molecule has 2 aromatic heterocycles. The van der Waals surface area contributed by atoms with Crippen molar-refractivity contribution in [2.45, 2.75) is 20.0 Å². The Morgan fingerprint density at radius 1 is 1.28 bits per heavy atom. The van der Waals surface area contributed by atoms with Crippen molar-refractivity contribution in [3.63, 3.8) is 0 Å². The zero-order valence-corrected chi connectivity index (χ0v) is 19.9. The minimum absolute atomic E-state index is 0. The molecule has 0 saturated carbocycles.